The third-order valence-electron chi connectivity index (χ3n) is 7.06. The molecule has 7 amide bonds. The van der Waals surface area contributed by atoms with Gasteiger partial charge < -0.3 is 52.5 Å². The summed E-state index contributed by atoms with van der Waals surface area (Å²) in [5, 5.41) is 43.6. The van der Waals surface area contributed by atoms with Crippen molar-refractivity contribution in [2.75, 3.05) is 26.2 Å². The molecule has 0 saturated heterocycles. The van der Waals surface area contributed by atoms with Crippen molar-refractivity contribution in [2.45, 2.75) is 50.7 Å². The zero-order valence-electron chi connectivity index (χ0n) is 28.1. The van der Waals surface area contributed by atoms with Gasteiger partial charge in [0.05, 0.1) is 25.2 Å². The fourth-order valence-electron chi connectivity index (χ4n) is 4.22. The zero-order chi connectivity index (χ0) is 39.3. The fraction of sp³-hybridized carbons (Fsp3) is 0.375. The van der Waals surface area contributed by atoms with E-state index in [0.717, 1.165) is 12.3 Å². The molecule has 20 nitrogen and oxygen atoms in total. The predicted molar refractivity (Wildman–Crippen MR) is 178 cm³/mol. The van der Waals surface area contributed by atoms with E-state index in [4.69, 9.17) is 10.2 Å². The molecular weight excluding hydrogens is 707 g/mol. The summed E-state index contributed by atoms with van der Waals surface area (Å²) in [6.45, 7) is -0.958. The molecule has 286 valence electrons. The maximum atomic E-state index is 12.9. The number of halogens is 1. The van der Waals surface area contributed by atoms with Crippen molar-refractivity contribution in [2.24, 2.45) is 0 Å². The number of pyridine rings is 1. The smallest absolute Gasteiger partial charge is 0.326 e. The largest absolute Gasteiger partial charge is 0.481 e. The number of nitrogens with one attached hydrogen (secondary N) is 7. The number of carbonyl (C=O) groups excluding carboxylic acids is 6. The SMILES string of the molecule is O=C(O)CC[C@H](NC(=O)NC(CCCCNC(=O)CNC(=O)c1ccc(CNC(=O)CNC(=O)CNC(=O)c2ccc(F)nc2)cc1)C(=O)O)C(=O)O. The number of rotatable bonds is 22. The number of nitrogens with zero attached hydrogens (tertiary/aromatic N) is 1. The number of hydrogen-bond donors (Lipinski definition) is 10. The second-order valence-corrected chi connectivity index (χ2v) is 11.2. The van der Waals surface area contributed by atoms with Gasteiger partial charge in [0.15, 0.2) is 0 Å². The van der Waals surface area contributed by atoms with Gasteiger partial charge in [-0.25, -0.2) is 19.4 Å². The molecule has 0 spiro atoms. The van der Waals surface area contributed by atoms with E-state index in [-0.39, 0.29) is 50.1 Å². The molecule has 0 aliphatic carbocycles. The lowest BCUT2D eigenvalue weighted by molar-refractivity contribution is -0.141. The summed E-state index contributed by atoms with van der Waals surface area (Å²) < 4.78 is 12.9. The number of unbranched alkanes of at least 4 members (excludes halogenated alkanes) is 1. The first-order valence-electron chi connectivity index (χ1n) is 16.0. The molecule has 0 aliphatic heterocycles. The lowest BCUT2D eigenvalue weighted by Gasteiger charge is -2.18. The number of hydrogen-bond acceptors (Lipinski definition) is 10. The first kappa shape index (κ1) is 42.5. The van der Waals surface area contributed by atoms with Gasteiger partial charge in [-0.1, -0.05) is 12.1 Å². The Morgan fingerprint density at radius 3 is 1.72 bits per heavy atom. The van der Waals surface area contributed by atoms with E-state index in [1.807, 2.05) is 5.32 Å². The highest BCUT2D eigenvalue weighted by Crippen LogP contribution is 2.05. The Morgan fingerprint density at radius 2 is 1.15 bits per heavy atom. The molecule has 1 aromatic heterocycles. The van der Waals surface area contributed by atoms with Gasteiger partial charge in [-0.05, 0) is 55.5 Å². The van der Waals surface area contributed by atoms with Crippen LogP contribution >= 0.6 is 0 Å². The van der Waals surface area contributed by atoms with E-state index in [9.17, 15) is 52.6 Å². The molecule has 2 atom stereocenters. The van der Waals surface area contributed by atoms with E-state index in [2.05, 4.69) is 36.9 Å². The molecular formula is C32H39FN8O12. The number of urea groups is 1. The van der Waals surface area contributed by atoms with Crippen molar-refractivity contribution in [3.63, 3.8) is 0 Å². The molecule has 0 radical (unpaired) electrons. The Morgan fingerprint density at radius 1 is 0.623 bits per heavy atom. The molecule has 2 rings (SSSR count). The van der Waals surface area contributed by atoms with Crippen LogP contribution in [0.2, 0.25) is 0 Å². The van der Waals surface area contributed by atoms with Crippen LogP contribution in [0.5, 0.6) is 0 Å². The van der Waals surface area contributed by atoms with Gasteiger partial charge in [-0.2, -0.15) is 4.39 Å². The molecule has 0 bridgehead atoms. The minimum atomic E-state index is -1.53. The average Bonchev–Trinajstić information content (AvgIpc) is 3.12. The highest BCUT2D eigenvalue weighted by atomic mass is 19.1. The first-order valence-corrected chi connectivity index (χ1v) is 16.0. The topological polar surface area (TPSA) is 311 Å². The highest BCUT2D eigenvalue weighted by molar-refractivity contribution is 5.97. The number of carbonyl (C=O) groups is 9. The van der Waals surface area contributed by atoms with Crippen LogP contribution in [0.25, 0.3) is 0 Å². The van der Waals surface area contributed by atoms with Crippen molar-refractivity contribution in [3.8, 4) is 0 Å². The molecule has 21 heteroatoms. The van der Waals surface area contributed by atoms with Crippen LogP contribution in [-0.2, 0) is 35.3 Å². The summed E-state index contributed by atoms with van der Waals surface area (Å²) in [5.41, 5.74) is 0.907. The van der Waals surface area contributed by atoms with E-state index >= 15 is 0 Å². The van der Waals surface area contributed by atoms with Gasteiger partial charge in [-0.15, -0.1) is 0 Å². The van der Waals surface area contributed by atoms with Crippen LogP contribution in [0, 0.1) is 5.95 Å². The van der Waals surface area contributed by atoms with Gasteiger partial charge in [-0.3, -0.25) is 28.8 Å². The second-order valence-electron chi connectivity index (χ2n) is 11.2. The number of aliphatic carboxylic acids is 3. The number of aromatic nitrogens is 1. The predicted octanol–water partition coefficient (Wildman–Crippen LogP) is -1.53. The van der Waals surface area contributed by atoms with E-state index in [0.29, 0.717) is 12.0 Å². The number of carboxylic acid groups (broad SMARTS) is 3. The van der Waals surface area contributed by atoms with Crippen LogP contribution in [0.4, 0.5) is 9.18 Å². The van der Waals surface area contributed by atoms with Crippen molar-refractivity contribution in [1.82, 2.24) is 42.2 Å². The quantitative estimate of drug-likeness (QED) is 0.0484. The zero-order valence-corrected chi connectivity index (χ0v) is 28.1. The Kier molecular flexibility index (Phi) is 17.8. The monoisotopic (exact) mass is 746 g/mol. The summed E-state index contributed by atoms with van der Waals surface area (Å²) >= 11 is 0. The van der Waals surface area contributed by atoms with Crippen molar-refractivity contribution in [1.29, 1.82) is 0 Å². The summed E-state index contributed by atoms with van der Waals surface area (Å²) in [7, 11) is 0. The Hall–Kier alpha value is -6.67. The maximum absolute atomic E-state index is 12.9. The van der Waals surface area contributed by atoms with Gasteiger partial charge in [0.25, 0.3) is 11.8 Å². The third kappa shape index (κ3) is 17.2. The second kappa shape index (κ2) is 22.2. The van der Waals surface area contributed by atoms with Crippen LogP contribution in [0.1, 0.15) is 58.4 Å². The minimum absolute atomic E-state index is 0.0538. The molecule has 0 fully saturated rings. The lowest BCUT2D eigenvalue weighted by Crippen LogP contribution is -2.51. The van der Waals surface area contributed by atoms with Crippen LogP contribution in [0.3, 0.4) is 0 Å². The van der Waals surface area contributed by atoms with Crippen molar-refractivity contribution < 1.29 is 62.9 Å². The molecule has 2 aromatic rings. The summed E-state index contributed by atoms with van der Waals surface area (Å²) in [6.07, 6.45) is 0.583. The van der Waals surface area contributed by atoms with Crippen LogP contribution in [0.15, 0.2) is 42.6 Å². The third-order valence-corrected chi connectivity index (χ3v) is 7.06. The first-order chi connectivity index (χ1) is 25.1. The van der Waals surface area contributed by atoms with Crippen molar-refractivity contribution in [3.05, 3.63) is 65.2 Å². The summed E-state index contributed by atoms with van der Waals surface area (Å²) in [5.74, 6) is -7.77. The number of benzene rings is 1. The standard InChI is InChI=1S/C32H39FN8O12/c33-23-10-8-20(14-35-23)29(48)39-17-26(44)37-15-25(43)36-13-18-4-6-19(7-5-18)28(47)38-16-24(42)34-12-2-1-3-21(30(49)50)40-32(53)41-22(31(51)52)9-11-27(45)46/h4-8,10,14,21-22H,1-3,9,11-13,15-17H2,(H,34,42)(H,36,43)(H,37,44)(H,38,47)(H,39,48)(H,45,46)(H,49,50)(H,51,52)(H2,40,41,53)/t21?,22-/m0/s1. The van der Waals surface area contributed by atoms with Gasteiger partial charge >= 0.3 is 23.9 Å². The van der Waals surface area contributed by atoms with Crippen LogP contribution in [-0.4, -0.2) is 112 Å². The Bertz CT molecular complexity index is 1640. The molecule has 1 heterocycles. The number of carboxylic acids is 3. The van der Waals surface area contributed by atoms with Gasteiger partial charge in [0, 0.05) is 31.3 Å². The van der Waals surface area contributed by atoms with Crippen LogP contribution < -0.4 is 37.2 Å². The molecule has 10 N–H and O–H groups in total. The normalized spacial score (nSPS) is 11.5. The summed E-state index contributed by atoms with van der Waals surface area (Å²) in [4.78, 5) is 109. The fourth-order valence-corrected chi connectivity index (χ4v) is 4.22. The van der Waals surface area contributed by atoms with Gasteiger partial charge in [0.1, 0.15) is 12.1 Å². The maximum Gasteiger partial charge on any atom is 0.326 e. The van der Waals surface area contributed by atoms with Crippen molar-refractivity contribution >= 4 is 53.5 Å². The molecule has 0 saturated carbocycles. The molecule has 0 aliphatic rings. The molecule has 1 aromatic carbocycles. The average molecular weight is 747 g/mol. The van der Waals surface area contributed by atoms with E-state index in [1.54, 1.807) is 12.1 Å². The summed E-state index contributed by atoms with van der Waals surface area (Å²) in [6, 6.07) is 4.28. The number of amides is 7. The van der Waals surface area contributed by atoms with Gasteiger partial charge in [0.2, 0.25) is 23.7 Å². The minimum Gasteiger partial charge on any atom is -0.481 e. The van der Waals surface area contributed by atoms with E-state index < -0.39 is 90.9 Å². The lowest BCUT2D eigenvalue weighted by atomic mass is 10.1. The molecule has 53 heavy (non-hydrogen) atoms. The molecule has 1 unspecified atom stereocenters. The Labute approximate surface area is 300 Å². The van der Waals surface area contributed by atoms with E-state index in [1.165, 1.54) is 18.2 Å². The highest BCUT2D eigenvalue weighted by Gasteiger charge is 2.24. The Balaban J connectivity index is 1.62.